The number of benzene rings is 1. The van der Waals surface area contributed by atoms with E-state index in [4.69, 9.17) is 9.15 Å². The number of amides is 1. The normalized spacial score (nSPS) is 11.7. The summed E-state index contributed by atoms with van der Waals surface area (Å²) in [5.74, 6) is -1.57. The smallest absolute Gasteiger partial charge is 0.375 e. The molecule has 1 heterocycles. The lowest BCUT2D eigenvalue weighted by Crippen LogP contribution is -2.35. The third-order valence-electron chi connectivity index (χ3n) is 3.16. The van der Waals surface area contributed by atoms with Crippen molar-refractivity contribution in [2.45, 2.75) is 20.0 Å². The summed E-state index contributed by atoms with van der Waals surface area (Å²) in [6.45, 7) is 7.02. The fraction of sp³-hybridized carbons (Fsp3) is 0.235. The zero-order valence-electron chi connectivity index (χ0n) is 12.9. The number of hydrogen-bond acceptors (Lipinski definition) is 5. The van der Waals surface area contributed by atoms with Gasteiger partial charge in [-0.1, -0.05) is 17.7 Å². The molecule has 6 heteroatoms. The summed E-state index contributed by atoms with van der Waals surface area (Å²) in [6.07, 6.45) is 0.498. The minimum Gasteiger partial charge on any atom is -0.449 e. The van der Waals surface area contributed by atoms with Gasteiger partial charge in [-0.25, -0.2) is 4.79 Å². The van der Waals surface area contributed by atoms with E-state index in [1.54, 1.807) is 18.2 Å². The third-order valence-corrected chi connectivity index (χ3v) is 3.16. The van der Waals surface area contributed by atoms with Crippen LogP contribution < -0.4 is 10.7 Å². The molecular weight excluding hydrogens is 298 g/mol. The lowest BCUT2D eigenvalue weighted by atomic mass is 10.1. The summed E-state index contributed by atoms with van der Waals surface area (Å²) in [5, 5.41) is 2.90. The summed E-state index contributed by atoms with van der Waals surface area (Å²) in [5.41, 5.74) is 0.858. The first-order chi connectivity index (χ1) is 10.9. The van der Waals surface area contributed by atoms with Crippen molar-refractivity contribution in [3.8, 4) is 0 Å². The first kappa shape index (κ1) is 16.5. The van der Waals surface area contributed by atoms with Gasteiger partial charge in [0.15, 0.2) is 11.5 Å². The number of carbonyl (C=O) groups is 2. The number of rotatable bonds is 5. The molecule has 0 bridgehead atoms. The molecule has 0 spiro atoms. The molecule has 0 saturated carbocycles. The van der Waals surface area contributed by atoms with E-state index < -0.39 is 18.0 Å². The van der Waals surface area contributed by atoms with E-state index >= 15 is 0 Å². The minimum atomic E-state index is -1.01. The molecule has 0 radical (unpaired) electrons. The SMILES string of the molecule is C=CCNC(=O)[C@@H](C)OC(=O)c1cc(=O)c2cc(C)ccc2o1. The van der Waals surface area contributed by atoms with Crippen LogP contribution in [0.4, 0.5) is 0 Å². The molecule has 1 amide bonds. The Morgan fingerprint density at radius 3 is 2.83 bits per heavy atom. The average molecular weight is 315 g/mol. The fourth-order valence-electron chi connectivity index (χ4n) is 1.96. The Hall–Kier alpha value is -2.89. The molecule has 2 rings (SSSR count). The second-order valence-electron chi connectivity index (χ2n) is 5.06. The molecule has 6 nitrogen and oxygen atoms in total. The maximum absolute atomic E-state index is 12.1. The van der Waals surface area contributed by atoms with Crippen LogP contribution in [0.5, 0.6) is 0 Å². The molecule has 2 aromatic rings. The first-order valence-electron chi connectivity index (χ1n) is 7.06. The molecule has 0 aliphatic rings. The summed E-state index contributed by atoms with van der Waals surface area (Å²) in [4.78, 5) is 35.8. The monoisotopic (exact) mass is 315 g/mol. The maximum Gasteiger partial charge on any atom is 0.375 e. The van der Waals surface area contributed by atoms with Crippen molar-refractivity contribution >= 4 is 22.8 Å². The molecule has 0 aliphatic heterocycles. The van der Waals surface area contributed by atoms with Crippen LogP contribution in [0.25, 0.3) is 11.0 Å². The van der Waals surface area contributed by atoms with Crippen LogP contribution in [0.3, 0.4) is 0 Å². The molecule has 120 valence electrons. The van der Waals surface area contributed by atoms with E-state index in [2.05, 4.69) is 11.9 Å². The Morgan fingerprint density at radius 2 is 2.13 bits per heavy atom. The van der Waals surface area contributed by atoms with E-state index in [0.717, 1.165) is 11.6 Å². The minimum absolute atomic E-state index is 0.241. The van der Waals surface area contributed by atoms with Gasteiger partial charge < -0.3 is 14.5 Å². The number of esters is 1. The van der Waals surface area contributed by atoms with Gasteiger partial charge in [0.1, 0.15) is 5.58 Å². The van der Waals surface area contributed by atoms with Crippen LogP contribution in [0.1, 0.15) is 23.0 Å². The van der Waals surface area contributed by atoms with Crippen LogP contribution >= 0.6 is 0 Å². The predicted molar refractivity (Wildman–Crippen MR) is 85.3 cm³/mol. The van der Waals surface area contributed by atoms with Gasteiger partial charge in [0.2, 0.25) is 5.76 Å². The molecule has 0 saturated heterocycles. The van der Waals surface area contributed by atoms with Gasteiger partial charge in [0.25, 0.3) is 5.91 Å². The van der Waals surface area contributed by atoms with E-state index in [-0.39, 0.29) is 17.7 Å². The summed E-state index contributed by atoms with van der Waals surface area (Å²) >= 11 is 0. The van der Waals surface area contributed by atoms with Gasteiger partial charge in [-0.05, 0) is 26.0 Å². The Labute approximate surface area is 132 Å². The van der Waals surface area contributed by atoms with Crippen LogP contribution in [0, 0.1) is 6.92 Å². The largest absolute Gasteiger partial charge is 0.449 e. The van der Waals surface area contributed by atoms with Crippen LogP contribution in [-0.4, -0.2) is 24.5 Å². The molecular formula is C17H17NO5. The van der Waals surface area contributed by atoms with Crippen LogP contribution in [-0.2, 0) is 9.53 Å². The van der Waals surface area contributed by atoms with Crippen molar-refractivity contribution in [2.24, 2.45) is 0 Å². The van der Waals surface area contributed by atoms with Crippen molar-refractivity contribution in [1.29, 1.82) is 0 Å². The molecule has 0 fully saturated rings. The third kappa shape index (κ3) is 3.85. The molecule has 1 N–H and O–H groups in total. The summed E-state index contributed by atoms with van der Waals surface area (Å²) in [6, 6.07) is 6.13. The van der Waals surface area contributed by atoms with Crippen molar-refractivity contribution in [2.75, 3.05) is 6.54 Å². The lowest BCUT2D eigenvalue weighted by molar-refractivity contribution is -0.128. The number of fused-ring (bicyclic) bond motifs is 1. The van der Waals surface area contributed by atoms with Crippen molar-refractivity contribution in [3.63, 3.8) is 0 Å². The quantitative estimate of drug-likeness (QED) is 0.673. The van der Waals surface area contributed by atoms with Crippen molar-refractivity contribution in [1.82, 2.24) is 5.32 Å². The highest BCUT2D eigenvalue weighted by atomic mass is 16.6. The van der Waals surface area contributed by atoms with Gasteiger partial charge in [-0.15, -0.1) is 6.58 Å². The Morgan fingerprint density at radius 1 is 1.39 bits per heavy atom. The molecule has 23 heavy (non-hydrogen) atoms. The maximum atomic E-state index is 12.1. The van der Waals surface area contributed by atoms with Gasteiger partial charge in [-0.3, -0.25) is 9.59 Å². The Kier molecular flexibility index (Phi) is 4.95. The van der Waals surface area contributed by atoms with E-state index in [0.29, 0.717) is 11.0 Å². The Bertz CT molecular complexity index is 821. The molecule has 1 atom stereocenters. The van der Waals surface area contributed by atoms with Crippen LogP contribution in [0.2, 0.25) is 0 Å². The molecule has 1 aromatic heterocycles. The number of aryl methyl sites for hydroxylation is 1. The number of hydrogen-bond donors (Lipinski definition) is 1. The van der Waals surface area contributed by atoms with Gasteiger partial charge in [0.05, 0.1) is 5.39 Å². The zero-order valence-corrected chi connectivity index (χ0v) is 12.9. The standard InChI is InChI=1S/C17H17NO5/c1-4-7-18-16(20)11(3)22-17(21)15-9-13(19)12-8-10(2)5-6-14(12)23-15/h4-6,8-9,11H,1,7H2,2-3H3,(H,18,20)/t11-/m1/s1. The summed E-state index contributed by atoms with van der Waals surface area (Å²) in [7, 11) is 0. The average Bonchev–Trinajstić information content (AvgIpc) is 2.52. The highest BCUT2D eigenvalue weighted by Gasteiger charge is 2.21. The van der Waals surface area contributed by atoms with Gasteiger partial charge in [-0.2, -0.15) is 0 Å². The van der Waals surface area contributed by atoms with Crippen LogP contribution in [0.15, 0.2) is 46.1 Å². The second kappa shape index (κ2) is 6.91. The van der Waals surface area contributed by atoms with E-state index in [1.807, 2.05) is 6.92 Å². The molecule has 1 aromatic carbocycles. The molecule has 0 aliphatic carbocycles. The number of carbonyl (C=O) groups excluding carboxylic acids is 2. The van der Waals surface area contributed by atoms with E-state index in [1.165, 1.54) is 13.0 Å². The lowest BCUT2D eigenvalue weighted by Gasteiger charge is -2.12. The number of ether oxygens (including phenoxy) is 1. The van der Waals surface area contributed by atoms with Crippen molar-refractivity contribution in [3.05, 3.63) is 58.5 Å². The topological polar surface area (TPSA) is 85.6 Å². The highest BCUT2D eigenvalue weighted by Crippen LogP contribution is 2.15. The fourth-order valence-corrected chi connectivity index (χ4v) is 1.96. The highest BCUT2D eigenvalue weighted by molar-refractivity contribution is 5.91. The second-order valence-corrected chi connectivity index (χ2v) is 5.06. The summed E-state index contributed by atoms with van der Waals surface area (Å²) < 4.78 is 10.4. The molecule has 0 unspecified atom stereocenters. The number of nitrogens with one attached hydrogen (secondary N) is 1. The Balaban J connectivity index is 2.21. The van der Waals surface area contributed by atoms with Crippen molar-refractivity contribution < 1.29 is 18.7 Å². The van der Waals surface area contributed by atoms with E-state index in [9.17, 15) is 14.4 Å². The predicted octanol–water partition coefficient (Wildman–Crippen LogP) is 1.95. The van der Waals surface area contributed by atoms with Gasteiger partial charge >= 0.3 is 5.97 Å². The van der Waals surface area contributed by atoms with Gasteiger partial charge in [0, 0.05) is 12.6 Å². The first-order valence-corrected chi connectivity index (χ1v) is 7.06. The zero-order chi connectivity index (χ0) is 17.0.